The lowest BCUT2D eigenvalue weighted by Gasteiger charge is -2.29. The molecule has 2 aromatic heterocycles. The highest BCUT2D eigenvalue weighted by molar-refractivity contribution is 7.99. The number of methoxy groups -OCH3 is 3. The fraction of sp³-hybridized carbons (Fsp3) is 0.320. The summed E-state index contributed by atoms with van der Waals surface area (Å²) >= 11 is 3.14. The first-order chi connectivity index (χ1) is 17.1. The maximum Gasteiger partial charge on any atom is 0.256 e. The van der Waals surface area contributed by atoms with E-state index in [9.17, 15) is 9.59 Å². The quantitative estimate of drug-likeness (QED) is 0.466. The number of aromatic nitrogens is 1. The number of carbonyl (C=O) groups is 2. The average molecular weight is 514 g/mol. The number of rotatable bonds is 9. The Hall–Kier alpha value is -3.24. The van der Waals surface area contributed by atoms with Crippen LogP contribution < -0.4 is 19.5 Å². The van der Waals surface area contributed by atoms with Crippen molar-refractivity contribution in [2.24, 2.45) is 0 Å². The van der Waals surface area contributed by atoms with Crippen LogP contribution in [0.5, 0.6) is 17.2 Å². The van der Waals surface area contributed by atoms with Crippen molar-refractivity contribution in [2.45, 2.75) is 17.8 Å². The summed E-state index contributed by atoms with van der Waals surface area (Å²) in [6, 6.07) is 12.2. The van der Waals surface area contributed by atoms with Gasteiger partial charge in [-0.15, -0.1) is 23.1 Å². The molecule has 184 valence electrons. The molecule has 4 rings (SSSR count). The van der Waals surface area contributed by atoms with E-state index in [1.807, 2.05) is 35.7 Å². The summed E-state index contributed by atoms with van der Waals surface area (Å²) in [5.41, 5.74) is 1.25. The summed E-state index contributed by atoms with van der Waals surface area (Å²) < 4.78 is 16.3. The Labute approximate surface area is 212 Å². The van der Waals surface area contributed by atoms with Crippen molar-refractivity contribution in [3.05, 3.63) is 70.2 Å². The van der Waals surface area contributed by atoms with Crippen molar-refractivity contribution < 1.29 is 23.8 Å². The van der Waals surface area contributed by atoms with Crippen LogP contribution in [0, 0.1) is 0 Å². The van der Waals surface area contributed by atoms with E-state index in [4.69, 9.17) is 14.2 Å². The number of hydrogen-bond acceptors (Lipinski definition) is 8. The van der Waals surface area contributed by atoms with Crippen LogP contribution in [0.1, 0.15) is 26.3 Å². The molecule has 2 unspecified atom stereocenters. The molecule has 1 aliphatic rings. The molecule has 2 amide bonds. The fourth-order valence-electron chi connectivity index (χ4n) is 3.94. The highest BCUT2D eigenvalue weighted by Crippen LogP contribution is 2.45. The Kier molecular flexibility index (Phi) is 8.14. The molecule has 3 aromatic rings. The van der Waals surface area contributed by atoms with Crippen LogP contribution in [0.15, 0.2) is 54.0 Å². The molecule has 0 radical (unpaired) electrons. The summed E-state index contributed by atoms with van der Waals surface area (Å²) in [5, 5.41) is 4.69. The number of hydrogen-bond donors (Lipinski definition) is 1. The van der Waals surface area contributed by atoms with Gasteiger partial charge >= 0.3 is 0 Å². The van der Waals surface area contributed by atoms with E-state index in [1.165, 1.54) is 21.3 Å². The van der Waals surface area contributed by atoms with Crippen LogP contribution >= 0.6 is 23.1 Å². The van der Waals surface area contributed by atoms with E-state index in [2.05, 4.69) is 10.3 Å². The summed E-state index contributed by atoms with van der Waals surface area (Å²) in [6.07, 6.45) is 2.34. The third-order valence-corrected chi connectivity index (χ3v) is 8.02. The fourth-order valence-corrected chi connectivity index (χ4v) is 6.33. The second kappa shape index (κ2) is 11.5. The third kappa shape index (κ3) is 5.38. The number of benzene rings is 1. The van der Waals surface area contributed by atoms with E-state index in [1.54, 1.807) is 46.3 Å². The zero-order chi connectivity index (χ0) is 24.8. The first kappa shape index (κ1) is 24.9. The minimum Gasteiger partial charge on any atom is -0.493 e. The zero-order valence-corrected chi connectivity index (χ0v) is 21.4. The van der Waals surface area contributed by atoms with Crippen molar-refractivity contribution in [1.29, 1.82) is 0 Å². The van der Waals surface area contributed by atoms with Crippen molar-refractivity contribution in [2.75, 3.05) is 33.6 Å². The van der Waals surface area contributed by atoms with Gasteiger partial charge in [-0.05, 0) is 35.7 Å². The summed E-state index contributed by atoms with van der Waals surface area (Å²) in [7, 11) is 4.52. The first-order valence-electron chi connectivity index (χ1n) is 11.0. The van der Waals surface area contributed by atoms with E-state index in [0.717, 1.165) is 10.6 Å². The average Bonchev–Trinajstić information content (AvgIpc) is 3.58. The molecule has 0 spiro atoms. The predicted molar refractivity (Wildman–Crippen MR) is 137 cm³/mol. The summed E-state index contributed by atoms with van der Waals surface area (Å²) in [5.74, 6) is 1.19. The maximum absolute atomic E-state index is 13.9. The minimum absolute atomic E-state index is 0.187. The standard InChI is InChI=1S/C25H27N3O5S2/c1-31-19-13-16(14-20(32-2)22(19)33-3)24(30)28-18(15-35-25(28)21-8-6-12-34-21)23(29)27-11-9-17-7-4-5-10-26-17/h4-8,10,12-14,18,25H,9,11,15H2,1-3H3,(H,27,29). The van der Waals surface area contributed by atoms with E-state index in [-0.39, 0.29) is 17.2 Å². The van der Waals surface area contributed by atoms with Gasteiger partial charge in [-0.3, -0.25) is 14.6 Å². The third-order valence-electron chi connectivity index (χ3n) is 5.64. The molecule has 1 fully saturated rings. The normalized spacial score (nSPS) is 17.2. The number of thioether (sulfide) groups is 1. The van der Waals surface area contributed by atoms with Crippen LogP contribution in [0.2, 0.25) is 0 Å². The van der Waals surface area contributed by atoms with Gasteiger partial charge < -0.3 is 24.4 Å². The van der Waals surface area contributed by atoms with Gasteiger partial charge in [0.25, 0.3) is 5.91 Å². The molecule has 35 heavy (non-hydrogen) atoms. The molecule has 0 bridgehead atoms. The molecular formula is C25H27N3O5S2. The van der Waals surface area contributed by atoms with Gasteiger partial charge in [0.15, 0.2) is 11.5 Å². The second-order valence-corrected chi connectivity index (χ2v) is 9.80. The van der Waals surface area contributed by atoms with E-state index >= 15 is 0 Å². The molecule has 0 aliphatic carbocycles. The smallest absolute Gasteiger partial charge is 0.256 e. The number of ether oxygens (including phenoxy) is 3. The SMILES string of the molecule is COc1cc(C(=O)N2C(C(=O)NCCc3ccccn3)CSC2c2cccs2)cc(OC)c1OC. The van der Waals surface area contributed by atoms with E-state index in [0.29, 0.717) is 41.5 Å². The molecule has 0 saturated carbocycles. The Morgan fingerprint density at radius 3 is 2.46 bits per heavy atom. The molecular weight excluding hydrogens is 486 g/mol. The molecule has 1 saturated heterocycles. The van der Waals surface area contributed by atoms with Gasteiger partial charge in [0, 0.05) is 41.0 Å². The Balaban J connectivity index is 1.60. The van der Waals surface area contributed by atoms with Crippen molar-refractivity contribution in [1.82, 2.24) is 15.2 Å². The van der Waals surface area contributed by atoms with Gasteiger partial charge in [-0.1, -0.05) is 12.1 Å². The lowest BCUT2D eigenvalue weighted by atomic mass is 10.1. The number of amides is 2. The number of nitrogens with one attached hydrogen (secondary N) is 1. The number of thiophene rings is 1. The van der Waals surface area contributed by atoms with Gasteiger partial charge in [0.1, 0.15) is 11.4 Å². The Morgan fingerprint density at radius 1 is 1.09 bits per heavy atom. The second-order valence-electron chi connectivity index (χ2n) is 7.71. The van der Waals surface area contributed by atoms with Crippen molar-refractivity contribution in [3.63, 3.8) is 0 Å². The highest BCUT2D eigenvalue weighted by atomic mass is 32.2. The lowest BCUT2D eigenvalue weighted by molar-refractivity contribution is -0.124. The molecule has 1 N–H and O–H groups in total. The molecule has 2 atom stereocenters. The highest BCUT2D eigenvalue weighted by Gasteiger charge is 2.43. The molecule has 1 aliphatic heterocycles. The molecule has 1 aromatic carbocycles. The lowest BCUT2D eigenvalue weighted by Crippen LogP contribution is -2.48. The molecule has 8 nitrogen and oxygen atoms in total. The number of pyridine rings is 1. The minimum atomic E-state index is -0.623. The predicted octanol–water partition coefficient (Wildman–Crippen LogP) is 3.78. The summed E-state index contributed by atoms with van der Waals surface area (Å²) in [6.45, 7) is 0.437. The van der Waals surface area contributed by atoms with Gasteiger partial charge in [-0.2, -0.15) is 0 Å². The number of carbonyl (C=O) groups excluding carboxylic acids is 2. The number of nitrogens with zero attached hydrogens (tertiary/aromatic N) is 2. The van der Waals surface area contributed by atoms with Crippen LogP contribution in [0.3, 0.4) is 0 Å². The van der Waals surface area contributed by atoms with Gasteiger partial charge in [0.2, 0.25) is 11.7 Å². The van der Waals surface area contributed by atoms with Crippen LogP contribution in [0.25, 0.3) is 0 Å². The van der Waals surface area contributed by atoms with Crippen molar-refractivity contribution in [3.8, 4) is 17.2 Å². The molecule has 10 heteroatoms. The van der Waals surface area contributed by atoms with Crippen molar-refractivity contribution >= 4 is 34.9 Å². The zero-order valence-electron chi connectivity index (χ0n) is 19.7. The van der Waals surface area contributed by atoms with Crippen LogP contribution in [0.4, 0.5) is 0 Å². The van der Waals surface area contributed by atoms with E-state index < -0.39 is 6.04 Å². The Bertz CT molecular complexity index is 1130. The monoisotopic (exact) mass is 513 g/mol. The van der Waals surface area contributed by atoms with Crippen LogP contribution in [-0.2, 0) is 11.2 Å². The van der Waals surface area contributed by atoms with Crippen LogP contribution in [-0.4, -0.2) is 61.4 Å². The largest absolute Gasteiger partial charge is 0.493 e. The topological polar surface area (TPSA) is 90.0 Å². The maximum atomic E-state index is 13.9. The van der Waals surface area contributed by atoms with Gasteiger partial charge in [-0.25, -0.2) is 0 Å². The van der Waals surface area contributed by atoms with Gasteiger partial charge in [0.05, 0.1) is 21.3 Å². The molecule has 3 heterocycles. The summed E-state index contributed by atoms with van der Waals surface area (Å²) in [4.78, 5) is 34.1. The Morgan fingerprint density at radius 2 is 1.86 bits per heavy atom. The first-order valence-corrected chi connectivity index (χ1v) is 13.0.